The SMILES string of the molecule is CNCC(=O)OCCc1cc[nH]c1. The molecule has 4 nitrogen and oxygen atoms in total. The average molecular weight is 182 g/mol. The molecule has 72 valence electrons. The summed E-state index contributed by atoms with van der Waals surface area (Å²) in [6.45, 7) is 0.714. The van der Waals surface area contributed by atoms with Crippen molar-refractivity contribution in [2.75, 3.05) is 20.2 Å². The standard InChI is InChI=1S/C9H14N2O2/c1-10-7-9(12)13-5-3-8-2-4-11-6-8/h2,4,6,10-11H,3,5,7H2,1H3. The maximum absolute atomic E-state index is 10.9. The summed E-state index contributed by atoms with van der Waals surface area (Å²) in [5.41, 5.74) is 1.15. The van der Waals surface area contributed by atoms with E-state index in [-0.39, 0.29) is 12.5 Å². The summed E-state index contributed by atoms with van der Waals surface area (Å²) < 4.78 is 4.94. The minimum atomic E-state index is -0.210. The van der Waals surface area contributed by atoms with Gasteiger partial charge in [-0.1, -0.05) is 0 Å². The Balaban J connectivity index is 2.11. The second kappa shape index (κ2) is 5.37. The van der Waals surface area contributed by atoms with Gasteiger partial charge in [-0.25, -0.2) is 0 Å². The predicted octanol–water partition coefficient (Wildman–Crippen LogP) is 0.320. The van der Waals surface area contributed by atoms with Crippen LogP contribution in [0.15, 0.2) is 18.5 Å². The number of H-pyrrole nitrogens is 1. The second-order valence-electron chi connectivity index (χ2n) is 2.72. The molecule has 2 N–H and O–H groups in total. The maximum Gasteiger partial charge on any atom is 0.319 e. The number of carbonyl (C=O) groups is 1. The number of nitrogens with one attached hydrogen (secondary N) is 2. The molecule has 0 atom stereocenters. The number of esters is 1. The summed E-state index contributed by atoms with van der Waals surface area (Å²) in [5, 5.41) is 2.73. The van der Waals surface area contributed by atoms with E-state index in [9.17, 15) is 4.79 Å². The lowest BCUT2D eigenvalue weighted by atomic mass is 10.2. The lowest BCUT2D eigenvalue weighted by Crippen LogP contribution is -2.21. The van der Waals surface area contributed by atoms with Crippen LogP contribution < -0.4 is 5.32 Å². The molecule has 0 fully saturated rings. The highest BCUT2D eigenvalue weighted by Crippen LogP contribution is 1.97. The van der Waals surface area contributed by atoms with Gasteiger partial charge in [0.05, 0.1) is 13.2 Å². The summed E-state index contributed by atoms with van der Waals surface area (Å²) in [5.74, 6) is -0.210. The number of hydrogen-bond acceptors (Lipinski definition) is 3. The van der Waals surface area contributed by atoms with Crippen LogP contribution in [0.5, 0.6) is 0 Å². The monoisotopic (exact) mass is 182 g/mol. The molecule has 0 spiro atoms. The van der Waals surface area contributed by atoms with Gasteiger partial charge in [0.25, 0.3) is 0 Å². The summed E-state index contributed by atoms with van der Waals surface area (Å²) in [6, 6.07) is 1.96. The Labute approximate surface area is 77.3 Å². The second-order valence-corrected chi connectivity index (χ2v) is 2.72. The molecule has 0 saturated carbocycles. The maximum atomic E-state index is 10.9. The molecule has 0 bridgehead atoms. The first kappa shape index (κ1) is 9.80. The van der Waals surface area contributed by atoms with Gasteiger partial charge in [0.2, 0.25) is 0 Å². The number of carbonyl (C=O) groups excluding carboxylic acids is 1. The smallest absolute Gasteiger partial charge is 0.319 e. The molecule has 1 rings (SSSR count). The van der Waals surface area contributed by atoms with E-state index in [0.717, 1.165) is 12.0 Å². The summed E-state index contributed by atoms with van der Waals surface area (Å²) >= 11 is 0. The Morgan fingerprint density at radius 1 is 1.69 bits per heavy atom. The molecule has 1 aromatic rings. The van der Waals surface area contributed by atoms with Gasteiger partial charge in [0, 0.05) is 18.8 Å². The highest BCUT2D eigenvalue weighted by atomic mass is 16.5. The Morgan fingerprint density at radius 2 is 2.54 bits per heavy atom. The molecule has 0 unspecified atom stereocenters. The third-order valence-electron chi connectivity index (χ3n) is 1.64. The molecule has 4 heteroatoms. The number of rotatable bonds is 5. The van der Waals surface area contributed by atoms with Crippen LogP contribution in [0.4, 0.5) is 0 Å². The summed E-state index contributed by atoms with van der Waals surface area (Å²) in [4.78, 5) is 13.8. The zero-order valence-electron chi connectivity index (χ0n) is 7.67. The van der Waals surface area contributed by atoms with Crippen molar-refractivity contribution in [3.8, 4) is 0 Å². The van der Waals surface area contributed by atoms with Gasteiger partial charge in [0.15, 0.2) is 0 Å². The first-order valence-electron chi connectivity index (χ1n) is 4.25. The van der Waals surface area contributed by atoms with Gasteiger partial charge in [-0.2, -0.15) is 0 Å². The fourth-order valence-electron chi connectivity index (χ4n) is 0.992. The third-order valence-corrected chi connectivity index (χ3v) is 1.64. The van der Waals surface area contributed by atoms with E-state index in [0.29, 0.717) is 6.61 Å². The van der Waals surface area contributed by atoms with E-state index in [1.54, 1.807) is 7.05 Å². The number of ether oxygens (including phenoxy) is 1. The van der Waals surface area contributed by atoms with Gasteiger partial charge >= 0.3 is 5.97 Å². The molecule has 1 heterocycles. The molecule has 1 aromatic heterocycles. The number of aromatic nitrogens is 1. The minimum absolute atomic E-state index is 0.210. The molecule has 0 aliphatic rings. The number of hydrogen-bond donors (Lipinski definition) is 2. The van der Waals surface area contributed by atoms with E-state index in [2.05, 4.69) is 10.3 Å². The van der Waals surface area contributed by atoms with Crippen molar-refractivity contribution in [1.82, 2.24) is 10.3 Å². The van der Waals surface area contributed by atoms with Gasteiger partial charge in [-0.15, -0.1) is 0 Å². The van der Waals surface area contributed by atoms with E-state index in [1.165, 1.54) is 0 Å². The van der Waals surface area contributed by atoms with Crippen molar-refractivity contribution >= 4 is 5.97 Å². The van der Waals surface area contributed by atoms with Crippen LogP contribution in [-0.4, -0.2) is 31.2 Å². The number of aromatic amines is 1. The molecule has 0 aliphatic heterocycles. The highest BCUT2D eigenvalue weighted by Gasteiger charge is 2.00. The van der Waals surface area contributed by atoms with E-state index in [4.69, 9.17) is 4.74 Å². The minimum Gasteiger partial charge on any atom is -0.464 e. The quantitative estimate of drug-likeness (QED) is 0.645. The van der Waals surface area contributed by atoms with Crippen LogP contribution in [-0.2, 0) is 16.0 Å². The Kier molecular flexibility index (Phi) is 4.05. The van der Waals surface area contributed by atoms with E-state index < -0.39 is 0 Å². The predicted molar refractivity (Wildman–Crippen MR) is 49.4 cm³/mol. The van der Waals surface area contributed by atoms with Gasteiger partial charge < -0.3 is 15.0 Å². The average Bonchev–Trinajstić information content (AvgIpc) is 2.57. The molecular weight excluding hydrogens is 168 g/mol. The van der Waals surface area contributed by atoms with Crippen LogP contribution in [0.1, 0.15) is 5.56 Å². The van der Waals surface area contributed by atoms with Crippen LogP contribution >= 0.6 is 0 Å². The molecule has 0 amide bonds. The van der Waals surface area contributed by atoms with Gasteiger partial charge in [0.1, 0.15) is 0 Å². The van der Waals surface area contributed by atoms with Crippen molar-refractivity contribution in [1.29, 1.82) is 0 Å². The topological polar surface area (TPSA) is 54.1 Å². The lowest BCUT2D eigenvalue weighted by Gasteiger charge is -2.02. The van der Waals surface area contributed by atoms with E-state index in [1.807, 2.05) is 18.5 Å². The van der Waals surface area contributed by atoms with Crippen molar-refractivity contribution in [2.24, 2.45) is 0 Å². The summed E-state index contributed by atoms with van der Waals surface area (Å²) in [7, 11) is 1.72. The van der Waals surface area contributed by atoms with Crippen LogP contribution in [0.25, 0.3) is 0 Å². The van der Waals surface area contributed by atoms with E-state index >= 15 is 0 Å². The zero-order chi connectivity index (χ0) is 9.52. The largest absolute Gasteiger partial charge is 0.464 e. The van der Waals surface area contributed by atoms with Crippen molar-refractivity contribution < 1.29 is 9.53 Å². The van der Waals surface area contributed by atoms with Crippen LogP contribution in [0.3, 0.4) is 0 Å². The van der Waals surface area contributed by atoms with Crippen LogP contribution in [0.2, 0.25) is 0 Å². The molecule has 0 aromatic carbocycles. The third kappa shape index (κ3) is 3.75. The fraction of sp³-hybridized carbons (Fsp3) is 0.444. The molecule has 13 heavy (non-hydrogen) atoms. The van der Waals surface area contributed by atoms with Crippen LogP contribution in [0, 0.1) is 0 Å². The molecule has 0 aliphatic carbocycles. The molecular formula is C9H14N2O2. The number of likely N-dealkylation sites (N-methyl/N-ethyl adjacent to an activating group) is 1. The molecule has 0 radical (unpaired) electrons. The first-order valence-corrected chi connectivity index (χ1v) is 4.25. The molecule has 0 saturated heterocycles. The van der Waals surface area contributed by atoms with Gasteiger partial charge in [-0.3, -0.25) is 4.79 Å². The summed E-state index contributed by atoms with van der Waals surface area (Å²) in [6.07, 6.45) is 4.51. The van der Waals surface area contributed by atoms with Gasteiger partial charge in [-0.05, 0) is 18.7 Å². The zero-order valence-corrected chi connectivity index (χ0v) is 7.67. The first-order chi connectivity index (χ1) is 6.33. The van der Waals surface area contributed by atoms with Crippen molar-refractivity contribution in [3.05, 3.63) is 24.0 Å². The van der Waals surface area contributed by atoms with Crippen molar-refractivity contribution in [2.45, 2.75) is 6.42 Å². The highest BCUT2D eigenvalue weighted by molar-refractivity contribution is 5.71. The Bertz CT molecular complexity index is 244. The Hall–Kier alpha value is -1.29. The lowest BCUT2D eigenvalue weighted by molar-refractivity contribution is -0.142. The van der Waals surface area contributed by atoms with Crippen molar-refractivity contribution in [3.63, 3.8) is 0 Å². The fourth-order valence-corrected chi connectivity index (χ4v) is 0.992. The Morgan fingerprint density at radius 3 is 3.15 bits per heavy atom. The normalized spacial score (nSPS) is 9.92.